The van der Waals surface area contributed by atoms with Crippen LogP contribution in [0.3, 0.4) is 0 Å². The van der Waals surface area contributed by atoms with Crippen molar-refractivity contribution >= 4 is 0 Å². The second kappa shape index (κ2) is 4.87. The minimum absolute atomic E-state index is 0.240. The van der Waals surface area contributed by atoms with Crippen LogP contribution in [-0.2, 0) is 11.8 Å². The molecule has 1 aromatic heterocycles. The van der Waals surface area contributed by atoms with Gasteiger partial charge in [-0.1, -0.05) is 12.1 Å². The van der Waals surface area contributed by atoms with Crippen molar-refractivity contribution < 1.29 is 18.3 Å². The highest BCUT2D eigenvalue weighted by atomic mass is 19.4. The van der Waals surface area contributed by atoms with Crippen molar-refractivity contribution in [1.29, 1.82) is 0 Å². The first-order chi connectivity index (χ1) is 9.53. The second-order valence-corrected chi connectivity index (χ2v) is 5.59. The summed E-state index contributed by atoms with van der Waals surface area (Å²) in [5.41, 5.74) is -0.854. The smallest absolute Gasteiger partial charge is 0.386 e. The predicted octanol–water partition coefficient (Wildman–Crippen LogP) is 3.74. The number of aromatic nitrogens is 2. The summed E-state index contributed by atoms with van der Waals surface area (Å²) in [7, 11) is 0. The van der Waals surface area contributed by atoms with E-state index in [-0.39, 0.29) is 5.56 Å². The van der Waals surface area contributed by atoms with Crippen molar-refractivity contribution in [2.45, 2.75) is 39.5 Å². The third-order valence-electron chi connectivity index (χ3n) is 3.50. The van der Waals surface area contributed by atoms with E-state index in [1.165, 1.54) is 13.8 Å². The first-order valence-corrected chi connectivity index (χ1v) is 6.48. The van der Waals surface area contributed by atoms with Gasteiger partial charge in [0.25, 0.3) is 0 Å². The maximum atomic E-state index is 13.4. The molecule has 0 amide bonds. The van der Waals surface area contributed by atoms with E-state index < -0.39 is 17.5 Å². The fourth-order valence-electron chi connectivity index (χ4n) is 2.22. The third kappa shape index (κ3) is 2.81. The SMILES string of the molecule is Cc1cccc(-n2ncc(C(C)(C)O)c2C(F)(F)F)c1C. The minimum Gasteiger partial charge on any atom is -0.386 e. The van der Waals surface area contributed by atoms with Crippen molar-refractivity contribution in [1.82, 2.24) is 9.78 Å². The van der Waals surface area contributed by atoms with Gasteiger partial charge < -0.3 is 5.11 Å². The zero-order chi connectivity index (χ0) is 16.0. The third-order valence-corrected chi connectivity index (χ3v) is 3.50. The lowest BCUT2D eigenvalue weighted by Crippen LogP contribution is -2.23. The maximum absolute atomic E-state index is 13.4. The van der Waals surface area contributed by atoms with Crippen LogP contribution in [0, 0.1) is 13.8 Å². The summed E-state index contributed by atoms with van der Waals surface area (Å²) in [6, 6.07) is 5.09. The number of benzene rings is 1. The Bertz CT molecular complexity index is 667. The highest BCUT2D eigenvalue weighted by Crippen LogP contribution is 2.38. The van der Waals surface area contributed by atoms with Crippen LogP contribution in [-0.4, -0.2) is 14.9 Å². The molecule has 0 aliphatic rings. The largest absolute Gasteiger partial charge is 0.433 e. The normalized spacial score (nSPS) is 12.8. The van der Waals surface area contributed by atoms with Crippen LogP contribution in [0.25, 0.3) is 5.69 Å². The Morgan fingerprint density at radius 3 is 2.29 bits per heavy atom. The molecule has 0 spiro atoms. The molecule has 1 heterocycles. The van der Waals surface area contributed by atoms with Gasteiger partial charge in [0.1, 0.15) is 0 Å². The molecule has 0 bridgehead atoms. The average molecular weight is 298 g/mol. The van der Waals surface area contributed by atoms with Gasteiger partial charge in [0.15, 0.2) is 5.69 Å². The van der Waals surface area contributed by atoms with Crippen molar-refractivity contribution in [3.8, 4) is 5.69 Å². The number of aliphatic hydroxyl groups is 1. The van der Waals surface area contributed by atoms with Crippen molar-refractivity contribution in [3.63, 3.8) is 0 Å². The van der Waals surface area contributed by atoms with E-state index in [0.717, 1.165) is 16.4 Å². The topological polar surface area (TPSA) is 38.0 Å². The Balaban J connectivity index is 2.77. The number of nitrogens with zero attached hydrogens (tertiary/aromatic N) is 2. The molecular formula is C15H17F3N2O. The number of hydrogen-bond donors (Lipinski definition) is 1. The minimum atomic E-state index is -4.61. The fraction of sp³-hybridized carbons (Fsp3) is 0.400. The molecule has 0 saturated carbocycles. The van der Waals surface area contributed by atoms with Crippen molar-refractivity contribution in [2.75, 3.05) is 0 Å². The van der Waals surface area contributed by atoms with Gasteiger partial charge in [-0.3, -0.25) is 0 Å². The fourth-order valence-corrected chi connectivity index (χ4v) is 2.22. The molecule has 0 aliphatic heterocycles. The Morgan fingerprint density at radius 2 is 1.76 bits per heavy atom. The van der Waals surface area contributed by atoms with Gasteiger partial charge >= 0.3 is 6.18 Å². The lowest BCUT2D eigenvalue weighted by atomic mass is 9.98. The van der Waals surface area contributed by atoms with Gasteiger partial charge in [-0.05, 0) is 44.9 Å². The second-order valence-electron chi connectivity index (χ2n) is 5.59. The van der Waals surface area contributed by atoms with Gasteiger partial charge in [-0.2, -0.15) is 18.3 Å². The van der Waals surface area contributed by atoms with Gasteiger partial charge in [0.2, 0.25) is 0 Å². The number of aryl methyl sites for hydroxylation is 1. The van der Waals surface area contributed by atoms with Crippen LogP contribution in [0.1, 0.15) is 36.2 Å². The van der Waals surface area contributed by atoms with Crippen molar-refractivity contribution in [2.24, 2.45) is 0 Å². The van der Waals surface area contributed by atoms with E-state index >= 15 is 0 Å². The summed E-state index contributed by atoms with van der Waals surface area (Å²) >= 11 is 0. The van der Waals surface area contributed by atoms with Crippen LogP contribution < -0.4 is 0 Å². The zero-order valence-corrected chi connectivity index (χ0v) is 12.3. The number of hydrogen-bond acceptors (Lipinski definition) is 2. The summed E-state index contributed by atoms with van der Waals surface area (Å²) < 4.78 is 41.1. The molecule has 0 unspecified atom stereocenters. The van der Waals surface area contributed by atoms with E-state index in [1.807, 2.05) is 13.0 Å². The Morgan fingerprint density at radius 1 is 1.14 bits per heavy atom. The average Bonchev–Trinajstić information content (AvgIpc) is 2.76. The summed E-state index contributed by atoms with van der Waals surface area (Å²) in [5, 5.41) is 13.8. The Kier molecular flexibility index (Phi) is 3.61. The molecule has 0 aliphatic carbocycles. The molecule has 1 N–H and O–H groups in total. The van der Waals surface area contributed by atoms with Gasteiger partial charge in [-0.25, -0.2) is 4.68 Å². The molecule has 0 saturated heterocycles. The molecule has 6 heteroatoms. The first-order valence-electron chi connectivity index (χ1n) is 6.48. The van der Waals surface area contributed by atoms with Crippen LogP contribution >= 0.6 is 0 Å². The molecule has 0 radical (unpaired) electrons. The monoisotopic (exact) mass is 298 g/mol. The quantitative estimate of drug-likeness (QED) is 0.917. The summed E-state index contributed by atoms with van der Waals surface area (Å²) in [6.45, 7) is 6.20. The Labute approximate surface area is 121 Å². The zero-order valence-electron chi connectivity index (χ0n) is 12.3. The predicted molar refractivity (Wildman–Crippen MR) is 73.3 cm³/mol. The lowest BCUT2D eigenvalue weighted by molar-refractivity contribution is -0.145. The van der Waals surface area contributed by atoms with E-state index in [4.69, 9.17) is 0 Å². The van der Waals surface area contributed by atoms with Crippen LogP contribution in [0.5, 0.6) is 0 Å². The maximum Gasteiger partial charge on any atom is 0.433 e. The molecule has 0 fully saturated rings. The van der Waals surface area contributed by atoms with E-state index in [0.29, 0.717) is 11.3 Å². The summed E-state index contributed by atoms with van der Waals surface area (Å²) in [4.78, 5) is 0. The number of rotatable bonds is 2. The summed E-state index contributed by atoms with van der Waals surface area (Å²) in [5.74, 6) is 0. The van der Waals surface area contributed by atoms with E-state index in [1.54, 1.807) is 19.1 Å². The molecule has 0 atom stereocenters. The molecule has 21 heavy (non-hydrogen) atoms. The molecule has 1 aromatic carbocycles. The van der Waals surface area contributed by atoms with Gasteiger partial charge in [0.05, 0.1) is 17.5 Å². The Hall–Kier alpha value is -1.82. The number of halogens is 3. The molecular weight excluding hydrogens is 281 g/mol. The first kappa shape index (κ1) is 15.6. The highest BCUT2D eigenvalue weighted by Gasteiger charge is 2.42. The van der Waals surface area contributed by atoms with Crippen LogP contribution in [0.15, 0.2) is 24.4 Å². The molecule has 2 aromatic rings. The van der Waals surface area contributed by atoms with E-state index in [9.17, 15) is 18.3 Å². The van der Waals surface area contributed by atoms with Gasteiger partial charge in [-0.15, -0.1) is 0 Å². The number of alkyl halides is 3. The van der Waals surface area contributed by atoms with E-state index in [2.05, 4.69) is 5.10 Å². The lowest BCUT2D eigenvalue weighted by Gasteiger charge is -2.20. The molecule has 2 rings (SSSR count). The molecule has 3 nitrogen and oxygen atoms in total. The highest BCUT2D eigenvalue weighted by molar-refractivity contribution is 5.46. The standard InChI is InChI=1S/C15H17F3N2O/c1-9-6-5-7-12(10(9)2)20-13(15(16,17)18)11(8-19-20)14(3,4)21/h5-8,21H,1-4H3. The van der Waals surface area contributed by atoms with Crippen molar-refractivity contribution in [3.05, 3.63) is 46.8 Å². The van der Waals surface area contributed by atoms with Gasteiger partial charge in [0, 0.05) is 5.56 Å². The molecule has 114 valence electrons. The van der Waals surface area contributed by atoms with Crippen LogP contribution in [0.4, 0.5) is 13.2 Å². The van der Waals surface area contributed by atoms with Crippen LogP contribution in [0.2, 0.25) is 0 Å². The summed E-state index contributed by atoms with van der Waals surface area (Å²) in [6.07, 6.45) is -3.54.